The molecule has 0 fully saturated rings. The van der Waals surface area contributed by atoms with E-state index in [-0.39, 0.29) is 17.4 Å². The monoisotopic (exact) mass is 262 g/mol. The van der Waals surface area contributed by atoms with Gasteiger partial charge in [-0.05, 0) is 43.9 Å². The molecule has 1 aromatic carbocycles. The molecule has 0 spiro atoms. The molecule has 1 atom stereocenters. The number of nitrogens with two attached hydrogens (primary N) is 1. The minimum Gasteiger partial charge on any atom is -0.399 e. The van der Waals surface area contributed by atoms with Gasteiger partial charge >= 0.3 is 0 Å². The second kappa shape index (κ2) is 5.24. The molecule has 0 heterocycles. The van der Waals surface area contributed by atoms with E-state index in [4.69, 9.17) is 5.73 Å². The maximum Gasteiger partial charge on any atom is 0.230 e. The fraction of sp³-hybridized carbons (Fsp3) is 0.562. The molecule has 3 heteroatoms. The molecule has 0 saturated heterocycles. The highest BCUT2D eigenvalue weighted by molar-refractivity contribution is 5.87. The number of hydrogen-bond acceptors (Lipinski definition) is 2. The molecular formula is C16H26N2O. The average Bonchev–Trinajstić information content (AvgIpc) is 2.28. The molecule has 0 aromatic heterocycles. The van der Waals surface area contributed by atoms with Crippen molar-refractivity contribution in [2.75, 3.05) is 5.73 Å². The maximum atomic E-state index is 12.5. The highest BCUT2D eigenvalue weighted by atomic mass is 16.2. The molecule has 0 bridgehead atoms. The lowest BCUT2D eigenvalue weighted by atomic mass is 9.82. The summed E-state index contributed by atoms with van der Waals surface area (Å²) in [5.41, 5.74) is 6.85. The Hall–Kier alpha value is -1.51. The van der Waals surface area contributed by atoms with Crippen LogP contribution in [-0.4, -0.2) is 11.9 Å². The minimum atomic E-state index is -0.562. The van der Waals surface area contributed by atoms with E-state index in [1.54, 1.807) is 0 Å². The summed E-state index contributed by atoms with van der Waals surface area (Å²) in [4.78, 5) is 12.5. The third-order valence-corrected chi connectivity index (χ3v) is 3.85. The molecule has 106 valence electrons. The molecule has 1 rings (SSSR count). The first-order valence-electron chi connectivity index (χ1n) is 6.72. The van der Waals surface area contributed by atoms with Crippen molar-refractivity contribution in [2.45, 2.75) is 53.0 Å². The van der Waals surface area contributed by atoms with Gasteiger partial charge in [0, 0.05) is 11.7 Å². The Morgan fingerprint density at radius 3 is 2.00 bits per heavy atom. The van der Waals surface area contributed by atoms with Crippen molar-refractivity contribution < 1.29 is 4.79 Å². The Morgan fingerprint density at radius 2 is 1.58 bits per heavy atom. The van der Waals surface area contributed by atoms with Gasteiger partial charge in [-0.25, -0.2) is 0 Å². The first kappa shape index (κ1) is 15.5. The first-order chi connectivity index (χ1) is 8.55. The molecule has 0 saturated carbocycles. The summed E-state index contributed by atoms with van der Waals surface area (Å²) >= 11 is 0. The molecule has 0 radical (unpaired) electrons. The topological polar surface area (TPSA) is 55.1 Å². The van der Waals surface area contributed by atoms with E-state index in [0.29, 0.717) is 5.69 Å². The van der Waals surface area contributed by atoms with E-state index >= 15 is 0 Å². The third-order valence-electron chi connectivity index (χ3n) is 3.85. The van der Waals surface area contributed by atoms with E-state index in [9.17, 15) is 4.79 Å². The van der Waals surface area contributed by atoms with Gasteiger partial charge in [-0.15, -0.1) is 0 Å². The van der Waals surface area contributed by atoms with Crippen molar-refractivity contribution in [3.63, 3.8) is 0 Å². The van der Waals surface area contributed by atoms with Crippen LogP contribution in [0.2, 0.25) is 0 Å². The highest BCUT2D eigenvalue weighted by Gasteiger charge is 2.32. The lowest BCUT2D eigenvalue weighted by Gasteiger charge is -2.32. The Morgan fingerprint density at radius 1 is 1.11 bits per heavy atom. The van der Waals surface area contributed by atoms with Crippen LogP contribution in [0.25, 0.3) is 0 Å². The summed E-state index contributed by atoms with van der Waals surface area (Å²) in [5, 5.41) is 3.10. The molecule has 1 unspecified atom stereocenters. The van der Waals surface area contributed by atoms with Crippen LogP contribution in [0.4, 0.5) is 5.69 Å². The summed E-state index contributed by atoms with van der Waals surface area (Å²) in [6.07, 6.45) is 0. The smallest absolute Gasteiger partial charge is 0.230 e. The average molecular weight is 262 g/mol. The van der Waals surface area contributed by atoms with Crippen molar-refractivity contribution >= 4 is 11.6 Å². The zero-order chi connectivity index (χ0) is 14.8. The fourth-order valence-corrected chi connectivity index (χ4v) is 1.62. The summed E-state index contributed by atoms with van der Waals surface area (Å²) in [6.45, 7) is 12.3. The van der Waals surface area contributed by atoms with E-state index in [1.165, 1.54) is 0 Å². The van der Waals surface area contributed by atoms with Crippen LogP contribution in [0.1, 0.15) is 47.1 Å². The van der Waals surface area contributed by atoms with E-state index in [1.807, 2.05) is 45.0 Å². The van der Waals surface area contributed by atoms with Crippen molar-refractivity contribution in [3.8, 4) is 0 Å². The molecule has 0 aliphatic rings. The van der Waals surface area contributed by atoms with Crippen LogP contribution in [-0.2, 0) is 10.2 Å². The van der Waals surface area contributed by atoms with Crippen molar-refractivity contribution in [1.82, 2.24) is 5.32 Å². The predicted molar refractivity (Wildman–Crippen MR) is 80.9 cm³/mol. The lowest BCUT2D eigenvalue weighted by Crippen LogP contribution is -2.48. The lowest BCUT2D eigenvalue weighted by molar-refractivity contribution is -0.127. The summed E-state index contributed by atoms with van der Waals surface area (Å²) in [7, 11) is 0. The molecule has 19 heavy (non-hydrogen) atoms. The number of nitrogens with one attached hydrogen (secondary N) is 1. The molecule has 3 N–H and O–H groups in total. The quantitative estimate of drug-likeness (QED) is 0.822. The number of amides is 1. The van der Waals surface area contributed by atoms with E-state index < -0.39 is 5.41 Å². The number of hydrogen-bond donors (Lipinski definition) is 2. The summed E-state index contributed by atoms with van der Waals surface area (Å²) in [6, 6.07) is 7.61. The zero-order valence-electron chi connectivity index (χ0n) is 12.9. The van der Waals surface area contributed by atoms with Crippen LogP contribution in [0.3, 0.4) is 0 Å². The van der Waals surface area contributed by atoms with Gasteiger partial charge < -0.3 is 11.1 Å². The Kier molecular flexibility index (Phi) is 4.28. The second-order valence-corrected chi connectivity index (χ2v) is 6.81. The van der Waals surface area contributed by atoms with Crippen LogP contribution in [0.5, 0.6) is 0 Å². The Bertz CT molecular complexity index is 441. The van der Waals surface area contributed by atoms with Crippen molar-refractivity contribution in [3.05, 3.63) is 29.8 Å². The van der Waals surface area contributed by atoms with Gasteiger partial charge in [-0.2, -0.15) is 0 Å². The van der Waals surface area contributed by atoms with Gasteiger partial charge in [0.05, 0.1) is 5.41 Å². The summed E-state index contributed by atoms with van der Waals surface area (Å²) in [5.74, 6) is 0.0414. The third kappa shape index (κ3) is 3.72. The van der Waals surface area contributed by atoms with Gasteiger partial charge in [0.1, 0.15) is 0 Å². The molecule has 1 amide bonds. The molecule has 1 aromatic rings. The fourth-order valence-electron chi connectivity index (χ4n) is 1.62. The van der Waals surface area contributed by atoms with E-state index in [0.717, 1.165) is 5.56 Å². The largest absolute Gasteiger partial charge is 0.399 e. The second-order valence-electron chi connectivity index (χ2n) is 6.81. The van der Waals surface area contributed by atoms with Gasteiger partial charge in [0.25, 0.3) is 0 Å². The minimum absolute atomic E-state index is 0.0414. The SMILES string of the molecule is CC(NC(=O)C(C)(C)c1ccc(N)cc1)C(C)(C)C. The first-order valence-corrected chi connectivity index (χ1v) is 6.72. The molecular weight excluding hydrogens is 236 g/mol. The van der Waals surface area contributed by atoms with Crippen LogP contribution in [0, 0.1) is 5.41 Å². The highest BCUT2D eigenvalue weighted by Crippen LogP contribution is 2.26. The van der Waals surface area contributed by atoms with Crippen molar-refractivity contribution in [2.24, 2.45) is 5.41 Å². The number of carbonyl (C=O) groups is 1. The maximum absolute atomic E-state index is 12.5. The summed E-state index contributed by atoms with van der Waals surface area (Å²) < 4.78 is 0. The van der Waals surface area contributed by atoms with Crippen molar-refractivity contribution in [1.29, 1.82) is 0 Å². The zero-order valence-corrected chi connectivity index (χ0v) is 12.9. The predicted octanol–water partition coefficient (Wildman–Crippen LogP) is 3.10. The number of anilines is 1. The number of nitrogen functional groups attached to an aromatic ring is 1. The molecule has 3 nitrogen and oxygen atoms in total. The van der Waals surface area contributed by atoms with Crippen LogP contribution < -0.4 is 11.1 Å². The molecule has 0 aliphatic carbocycles. The van der Waals surface area contributed by atoms with Gasteiger partial charge in [-0.1, -0.05) is 32.9 Å². The van der Waals surface area contributed by atoms with E-state index in [2.05, 4.69) is 26.1 Å². The van der Waals surface area contributed by atoms with Gasteiger partial charge in [0.2, 0.25) is 5.91 Å². The number of rotatable bonds is 3. The van der Waals surface area contributed by atoms with Gasteiger partial charge in [0.15, 0.2) is 0 Å². The Balaban J connectivity index is 2.88. The Labute approximate surface area is 116 Å². The normalized spacial score (nSPS) is 14.0. The number of carbonyl (C=O) groups excluding carboxylic acids is 1. The number of benzene rings is 1. The molecule has 0 aliphatic heterocycles. The standard InChI is InChI=1S/C16H26N2O/c1-11(15(2,3)4)18-14(19)16(5,6)12-7-9-13(17)10-8-12/h7-11H,17H2,1-6H3,(H,18,19). The van der Waals surface area contributed by atoms with Crippen LogP contribution >= 0.6 is 0 Å². The van der Waals surface area contributed by atoms with Gasteiger partial charge in [-0.3, -0.25) is 4.79 Å². The van der Waals surface area contributed by atoms with Crippen LogP contribution in [0.15, 0.2) is 24.3 Å².